The van der Waals surface area contributed by atoms with Gasteiger partial charge in [-0.1, -0.05) is 23.2 Å². The third kappa shape index (κ3) is 9.16. The summed E-state index contributed by atoms with van der Waals surface area (Å²) in [6.07, 6.45) is 1.57. The molecule has 1 heterocycles. The number of furan rings is 1. The van der Waals surface area contributed by atoms with E-state index in [9.17, 15) is 5.11 Å². The van der Waals surface area contributed by atoms with Crippen molar-refractivity contribution in [3.63, 3.8) is 0 Å². The van der Waals surface area contributed by atoms with Crippen LogP contribution in [0, 0.1) is 0 Å². The monoisotopic (exact) mass is 527 g/mol. The van der Waals surface area contributed by atoms with Gasteiger partial charge in [0.25, 0.3) is 0 Å². The number of aliphatic hydroxyl groups excluding tert-OH is 1. The summed E-state index contributed by atoms with van der Waals surface area (Å²) in [4.78, 5) is 4.42. The Morgan fingerprint density at radius 3 is 2.56 bits per heavy atom. The Kier molecular flexibility index (Phi) is 11.8. The quantitative estimate of drug-likeness (QED) is 0.201. The number of hydrogen-bond donors (Lipinski definition) is 3. The topological polar surface area (TPSA) is 79.0 Å². The van der Waals surface area contributed by atoms with Crippen LogP contribution >= 0.6 is 47.2 Å². The van der Waals surface area contributed by atoms with Crippen LogP contribution in [0.15, 0.2) is 46.0 Å². The average Bonchev–Trinajstić information content (AvgIpc) is 3.11. The molecule has 6 nitrogen and oxygen atoms in total. The second-order valence-corrected chi connectivity index (χ2v) is 6.46. The highest BCUT2D eigenvalue weighted by Crippen LogP contribution is 2.23. The number of benzene rings is 1. The van der Waals surface area contributed by atoms with Crippen LogP contribution in [0.25, 0.3) is 0 Å². The number of aliphatic imine (C=N–C) groups is 1. The summed E-state index contributed by atoms with van der Waals surface area (Å²) < 4.78 is 10.3. The zero-order valence-electron chi connectivity index (χ0n) is 15.0. The van der Waals surface area contributed by atoms with Crippen LogP contribution in [0.2, 0.25) is 10.0 Å². The van der Waals surface area contributed by atoms with Gasteiger partial charge in [-0.05, 0) is 35.9 Å². The third-order valence-corrected chi connectivity index (χ3v) is 3.97. The minimum Gasteiger partial charge on any atom is -0.469 e. The lowest BCUT2D eigenvalue weighted by Gasteiger charge is -2.14. The Balaban J connectivity index is 0.00000364. The van der Waals surface area contributed by atoms with E-state index in [1.165, 1.54) is 0 Å². The van der Waals surface area contributed by atoms with Crippen LogP contribution in [0.1, 0.15) is 17.4 Å². The summed E-state index contributed by atoms with van der Waals surface area (Å²) in [5.41, 5.74) is 0.623. The average molecular weight is 528 g/mol. The molecule has 27 heavy (non-hydrogen) atoms. The van der Waals surface area contributed by atoms with Gasteiger partial charge in [-0.2, -0.15) is 0 Å². The van der Waals surface area contributed by atoms with Crippen molar-refractivity contribution in [2.45, 2.75) is 12.5 Å². The lowest BCUT2D eigenvalue weighted by atomic mass is 10.1. The summed E-state index contributed by atoms with van der Waals surface area (Å²) in [7, 11) is 1.63. The summed E-state index contributed by atoms with van der Waals surface area (Å²) in [5, 5.41) is 17.7. The first kappa shape index (κ1) is 24.0. The molecule has 0 amide bonds. The van der Waals surface area contributed by atoms with Crippen LogP contribution in [0.4, 0.5) is 0 Å². The molecule has 3 N–H and O–H groups in total. The number of nitrogens with zero attached hydrogens (tertiary/aromatic N) is 1. The number of guanidine groups is 1. The Bertz CT molecular complexity index is 679. The minimum atomic E-state index is -0.808. The molecule has 1 aromatic heterocycles. The first-order valence-corrected chi connectivity index (χ1v) is 9.01. The van der Waals surface area contributed by atoms with Crippen molar-refractivity contribution in [3.05, 3.63) is 58.0 Å². The number of hydrogen-bond acceptors (Lipinski definition) is 4. The van der Waals surface area contributed by atoms with Gasteiger partial charge in [0.1, 0.15) is 5.76 Å². The van der Waals surface area contributed by atoms with Gasteiger partial charge in [-0.25, -0.2) is 0 Å². The molecule has 0 radical (unpaired) electrons. The molecule has 0 spiro atoms. The molecule has 0 saturated heterocycles. The van der Waals surface area contributed by atoms with Crippen molar-refractivity contribution in [2.75, 3.05) is 33.4 Å². The Morgan fingerprint density at radius 2 is 1.93 bits per heavy atom. The maximum absolute atomic E-state index is 10.3. The van der Waals surface area contributed by atoms with Gasteiger partial charge in [-0.15, -0.1) is 24.0 Å². The molecular formula is C18H24Cl2IN3O3. The second-order valence-electron chi connectivity index (χ2n) is 5.58. The first-order chi connectivity index (χ1) is 12.6. The summed E-state index contributed by atoms with van der Waals surface area (Å²) in [6.45, 7) is 1.96. The van der Waals surface area contributed by atoms with Crippen molar-refractivity contribution in [1.29, 1.82) is 0 Å². The van der Waals surface area contributed by atoms with Gasteiger partial charge in [0, 0.05) is 36.7 Å². The zero-order chi connectivity index (χ0) is 18.8. The van der Waals surface area contributed by atoms with Crippen LogP contribution in [0.5, 0.6) is 0 Å². The molecule has 1 atom stereocenters. The van der Waals surface area contributed by atoms with Crippen LogP contribution in [0.3, 0.4) is 0 Å². The van der Waals surface area contributed by atoms with Crippen LogP contribution < -0.4 is 10.6 Å². The molecule has 2 aromatic rings. The highest BCUT2D eigenvalue weighted by molar-refractivity contribution is 14.0. The smallest absolute Gasteiger partial charge is 0.191 e. The van der Waals surface area contributed by atoms with E-state index >= 15 is 0 Å². The summed E-state index contributed by atoms with van der Waals surface area (Å²) >= 11 is 12.0. The van der Waals surface area contributed by atoms with Gasteiger partial charge in [0.05, 0.1) is 25.5 Å². The molecule has 0 aliphatic heterocycles. The molecule has 0 aliphatic carbocycles. The highest BCUT2D eigenvalue weighted by Gasteiger charge is 2.10. The predicted octanol–water partition coefficient (Wildman–Crippen LogP) is 3.66. The number of rotatable bonds is 9. The first-order valence-electron chi connectivity index (χ1n) is 8.26. The molecule has 1 aromatic carbocycles. The normalized spacial score (nSPS) is 12.4. The lowest BCUT2D eigenvalue weighted by Crippen LogP contribution is -2.40. The molecular weight excluding hydrogens is 504 g/mol. The third-order valence-electron chi connectivity index (χ3n) is 3.53. The van der Waals surface area contributed by atoms with Gasteiger partial charge in [0.15, 0.2) is 5.96 Å². The maximum Gasteiger partial charge on any atom is 0.191 e. The van der Waals surface area contributed by atoms with Crippen molar-refractivity contribution in [3.8, 4) is 0 Å². The van der Waals surface area contributed by atoms with Gasteiger partial charge >= 0.3 is 0 Å². The van der Waals surface area contributed by atoms with Gasteiger partial charge < -0.3 is 24.9 Å². The number of nitrogens with one attached hydrogen (secondary N) is 2. The molecule has 0 fully saturated rings. The van der Waals surface area contributed by atoms with E-state index in [1.54, 1.807) is 31.6 Å². The Hall–Kier alpha value is -1.000. The van der Waals surface area contributed by atoms with E-state index in [4.69, 9.17) is 32.4 Å². The van der Waals surface area contributed by atoms with Gasteiger partial charge in [-0.3, -0.25) is 4.99 Å². The van der Waals surface area contributed by atoms with Crippen molar-refractivity contribution < 1.29 is 14.3 Å². The molecule has 1 unspecified atom stereocenters. The largest absolute Gasteiger partial charge is 0.469 e. The van der Waals surface area contributed by atoms with E-state index in [0.29, 0.717) is 41.3 Å². The number of methoxy groups -OCH3 is 1. The van der Waals surface area contributed by atoms with Crippen LogP contribution in [-0.4, -0.2) is 44.4 Å². The minimum absolute atomic E-state index is 0. The standard InChI is InChI=1S/C18H23Cl2N3O3.HI/c1-25-8-6-22-18(21-5-4-16-3-2-7-26-16)23-12-17(24)13-9-14(19)11-15(20)10-13;/h2-3,7,9-11,17,24H,4-6,8,12H2,1H3,(H2,21,22,23);1H. The highest BCUT2D eigenvalue weighted by atomic mass is 127. The van der Waals surface area contributed by atoms with Crippen molar-refractivity contribution in [2.24, 2.45) is 4.99 Å². The van der Waals surface area contributed by atoms with Crippen molar-refractivity contribution >= 4 is 53.1 Å². The molecule has 150 valence electrons. The van der Waals surface area contributed by atoms with E-state index in [0.717, 1.165) is 12.2 Å². The number of halogens is 3. The SMILES string of the molecule is COCCNC(=NCC(O)c1cc(Cl)cc(Cl)c1)NCCc1ccco1.I. The molecule has 0 saturated carbocycles. The predicted molar refractivity (Wildman–Crippen MR) is 119 cm³/mol. The number of aliphatic hydroxyl groups is 1. The van der Waals surface area contributed by atoms with Crippen LogP contribution in [-0.2, 0) is 11.2 Å². The summed E-state index contributed by atoms with van der Waals surface area (Å²) in [6, 6.07) is 8.75. The Morgan fingerprint density at radius 1 is 1.22 bits per heavy atom. The fourth-order valence-corrected chi connectivity index (χ4v) is 2.80. The second kappa shape index (κ2) is 13.2. The fourth-order valence-electron chi connectivity index (χ4n) is 2.26. The maximum atomic E-state index is 10.3. The number of ether oxygens (including phenoxy) is 1. The zero-order valence-corrected chi connectivity index (χ0v) is 18.8. The fraction of sp³-hybridized carbons (Fsp3) is 0.389. The Labute approximate surface area is 186 Å². The van der Waals surface area contributed by atoms with Crippen molar-refractivity contribution in [1.82, 2.24) is 10.6 Å². The van der Waals surface area contributed by atoms with E-state index in [-0.39, 0.29) is 30.5 Å². The van der Waals surface area contributed by atoms with E-state index in [2.05, 4.69) is 15.6 Å². The molecule has 0 aliphatic rings. The lowest BCUT2D eigenvalue weighted by molar-refractivity contribution is 0.187. The molecule has 0 bridgehead atoms. The molecule has 2 rings (SSSR count). The summed E-state index contributed by atoms with van der Waals surface area (Å²) in [5.74, 6) is 1.48. The van der Waals surface area contributed by atoms with E-state index in [1.807, 2.05) is 12.1 Å². The van der Waals surface area contributed by atoms with Gasteiger partial charge in [0.2, 0.25) is 0 Å². The van der Waals surface area contributed by atoms with E-state index < -0.39 is 6.10 Å². The molecule has 9 heteroatoms.